The SMILES string of the molecule is CC(C)(NS(=O)(=O)c1ccc(C#N)cc1Cl)C(=O)O. The van der Waals surface area contributed by atoms with Gasteiger partial charge in [-0.1, -0.05) is 11.6 Å². The molecule has 0 heterocycles. The fraction of sp³-hybridized carbons (Fsp3) is 0.273. The minimum Gasteiger partial charge on any atom is -0.480 e. The highest BCUT2D eigenvalue weighted by Crippen LogP contribution is 2.23. The van der Waals surface area contributed by atoms with Crippen LogP contribution in [0.4, 0.5) is 0 Å². The number of halogens is 1. The number of nitrogens with zero attached hydrogens (tertiary/aromatic N) is 1. The third kappa shape index (κ3) is 3.44. The standard InChI is InChI=1S/C11H11ClN2O4S/c1-11(2,10(15)16)14-19(17,18)9-4-3-7(6-13)5-8(9)12/h3-5,14H,1-2H3,(H,15,16). The average molecular weight is 303 g/mol. The van der Waals surface area contributed by atoms with E-state index in [1.54, 1.807) is 0 Å². The second kappa shape index (κ2) is 5.17. The van der Waals surface area contributed by atoms with E-state index in [9.17, 15) is 13.2 Å². The van der Waals surface area contributed by atoms with Crippen molar-refractivity contribution < 1.29 is 18.3 Å². The molecule has 102 valence electrons. The number of aliphatic carboxylic acids is 1. The quantitative estimate of drug-likeness (QED) is 0.873. The number of carboxylic acids is 1. The Bertz CT molecular complexity index is 662. The Labute approximate surface area is 115 Å². The van der Waals surface area contributed by atoms with Gasteiger partial charge in [0.1, 0.15) is 10.4 Å². The van der Waals surface area contributed by atoms with E-state index >= 15 is 0 Å². The van der Waals surface area contributed by atoms with Gasteiger partial charge in [-0.25, -0.2) is 8.42 Å². The number of carbonyl (C=O) groups is 1. The van der Waals surface area contributed by atoms with Crippen LogP contribution in [0.1, 0.15) is 19.4 Å². The molecule has 0 aliphatic rings. The number of nitrogens with one attached hydrogen (secondary N) is 1. The first-order valence-electron chi connectivity index (χ1n) is 5.07. The summed E-state index contributed by atoms with van der Waals surface area (Å²) < 4.78 is 26.1. The van der Waals surface area contributed by atoms with Gasteiger partial charge in [-0.15, -0.1) is 0 Å². The van der Waals surface area contributed by atoms with Gasteiger partial charge in [0.25, 0.3) is 0 Å². The van der Waals surface area contributed by atoms with Gasteiger partial charge in [-0.2, -0.15) is 9.98 Å². The van der Waals surface area contributed by atoms with Crippen molar-refractivity contribution >= 4 is 27.6 Å². The lowest BCUT2D eigenvalue weighted by atomic mass is 10.1. The molecule has 0 bridgehead atoms. The van der Waals surface area contributed by atoms with Gasteiger partial charge >= 0.3 is 5.97 Å². The predicted octanol–water partition coefficient (Wildman–Crippen LogP) is 1.35. The lowest BCUT2D eigenvalue weighted by molar-refractivity contribution is -0.142. The van der Waals surface area contributed by atoms with Crippen LogP contribution < -0.4 is 4.72 Å². The zero-order valence-corrected chi connectivity index (χ0v) is 11.7. The summed E-state index contributed by atoms with van der Waals surface area (Å²) in [6, 6.07) is 5.46. The van der Waals surface area contributed by atoms with Crippen molar-refractivity contribution in [3.63, 3.8) is 0 Å². The second-order valence-electron chi connectivity index (χ2n) is 4.29. The number of carboxylic acid groups (broad SMARTS) is 1. The maximum atomic E-state index is 12.0. The summed E-state index contributed by atoms with van der Waals surface area (Å²) in [6.07, 6.45) is 0. The van der Waals surface area contributed by atoms with Crippen molar-refractivity contribution in [1.82, 2.24) is 4.72 Å². The summed E-state index contributed by atoms with van der Waals surface area (Å²) in [5.41, 5.74) is -1.46. The molecule has 1 aromatic rings. The van der Waals surface area contributed by atoms with Crippen molar-refractivity contribution in [3.05, 3.63) is 28.8 Å². The Morgan fingerprint density at radius 2 is 2.05 bits per heavy atom. The molecule has 0 atom stereocenters. The van der Waals surface area contributed by atoms with Crippen LogP contribution in [0.15, 0.2) is 23.1 Å². The molecule has 0 fully saturated rings. The van der Waals surface area contributed by atoms with Crippen molar-refractivity contribution in [2.45, 2.75) is 24.3 Å². The van der Waals surface area contributed by atoms with Gasteiger partial charge in [0.05, 0.1) is 16.7 Å². The van der Waals surface area contributed by atoms with Crippen LogP contribution in [-0.4, -0.2) is 25.0 Å². The molecular weight excluding hydrogens is 292 g/mol. The average Bonchev–Trinajstić information content (AvgIpc) is 2.26. The number of nitriles is 1. The fourth-order valence-corrected chi connectivity index (χ4v) is 3.14. The Morgan fingerprint density at radius 3 is 2.47 bits per heavy atom. The third-order valence-electron chi connectivity index (χ3n) is 2.27. The lowest BCUT2D eigenvalue weighted by Gasteiger charge is -2.21. The van der Waals surface area contributed by atoms with Gasteiger partial charge in [0.15, 0.2) is 0 Å². The number of hydrogen-bond donors (Lipinski definition) is 2. The fourth-order valence-electron chi connectivity index (χ4n) is 1.22. The molecule has 0 aromatic heterocycles. The van der Waals surface area contributed by atoms with Crippen LogP contribution in [0.5, 0.6) is 0 Å². The van der Waals surface area contributed by atoms with Crippen molar-refractivity contribution in [2.75, 3.05) is 0 Å². The van der Waals surface area contributed by atoms with Gasteiger partial charge in [0.2, 0.25) is 10.0 Å². The zero-order valence-electron chi connectivity index (χ0n) is 10.1. The molecule has 6 nitrogen and oxygen atoms in total. The van der Waals surface area contributed by atoms with Crippen LogP contribution in [0.25, 0.3) is 0 Å². The minimum absolute atomic E-state index is 0.146. The van der Waals surface area contributed by atoms with Crippen LogP contribution >= 0.6 is 11.6 Å². The highest BCUT2D eigenvalue weighted by atomic mass is 35.5. The summed E-state index contributed by atoms with van der Waals surface area (Å²) in [7, 11) is -4.09. The summed E-state index contributed by atoms with van der Waals surface area (Å²) >= 11 is 5.78. The van der Waals surface area contributed by atoms with Gasteiger partial charge in [-0.3, -0.25) is 4.79 Å². The Hall–Kier alpha value is -1.62. The van der Waals surface area contributed by atoms with E-state index in [1.165, 1.54) is 26.0 Å². The molecule has 0 aliphatic heterocycles. The van der Waals surface area contributed by atoms with E-state index in [-0.39, 0.29) is 15.5 Å². The first kappa shape index (κ1) is 15.4. The van der Waals surface area contributed by atoms with Crippen LogP contribution in [0.2, 0.25) is 5.02 Å². The highest BCUT2D eigenvalue weighted by molar-refractivity contribution is 7.89. The summed E-state index contributed by atoms with van der Waals surface area (Å²) in [5, 5.41) is 17.4. The number of rotatable bonds is 4. The summed E-state index contributed by atoms with van der Waals surface area (Å²) in [6.45, 7) is 2.43. The maximum Gasteiger partial charge on any atom is 0.324 e. The predicted molar refractivity (Wildman–Crippen MR) is 68.2 cm³/mol. The number of sulfonamides is 1. The van der Waals surface area contributed by atoms with Crippen LogP contribution in [-0.2, 0) is 14.8 Å². The minimum atomic E-state index is -4.09. The van der Waals surface area contributed by atoms with Gasteiger partial charge in [-0.05, 0) is 32.0 Å². The molecule has 0 saturated carbocycles. The molecular formula is C11H11ClN2O4S. The van der Waals surface area contributed by atoms with Crippen molar-refractivity contribution in [1.29, 1.82) is 5.26 Å². The van der Waals surface area contributed by atoms with E-state index in [1.807, 2.05) is 10.8 Å². The molecule has 0 saturated heterocycles. The Kier molecular flexibility index (Phi) is 4.20. The second-order valence-corrected chi connectivity index (χ2v) is 6.35. The molecule has 1 rings (SSSR count). The van der Waals surface area contributed by atoms with E-state index in [2.05, 4.69) is 0 Å². The topological polar surface area (TPSA) is 107 Å². The highest BCUT2D eigenvalue weighted by Gasteiger charge is 2.33. The molecule has 0 radical (unpaired) electrons. The number of benzene rings is 1. The maximum absolute atomic E-state index is 12.0. The number of hydrogen-bond acceptors (Lipinski definition) is 4. The summed E-state index contributed by atoms with van der Waals surface area (Å²) in [4.78, 5) is 10.6. The molecule has 0 unspecified atom stereocenters. The summed E-state index contributed by atoms with van der Waals surface area (Å²) in [5.74, 6) is -1.32. The van der Waals surface area contributed by atoms with Crippen molar-refractivity contribution in [2.24, 2.45) is 0 Å². The monoisotopic (exact) mass is 302 g/mol. The van der Waals surface area contributed by atoms with Crippen molar-refractivity contribution in [3.8, 4) is 6.07 Å². The molecule has 2 N–H and O–H groups in total. The van der Waals surface area contributed by atoms with E-state index in [4.69, 9.17) is 22.0 Å². The normalized spacial score (nSPS) is 11.9. The smallest absolute Gasteiger partial charge is 0.324 e. The molecule has 19 heavy (non-hydrogen) atoms. The first-order valence-corrected chi connectivity index (χ1v) is 6.93. The van der Waals surface area contributed by atoms with Crippen LogP contribution in [0, 0.1) is 11.3 Å². The van der Waals surface area contributed by atoms with E-state index < -0.39 is 21.5 Å². The van der Waals surface area contributed by atoms with Gasteiger partial charge < -0.3 is 5.11 Å². The molecule has 8 heteroatoms. The van der Waals surface area contributed by atoms with Crippen LogP contribution in [0.3, 0.4) is 0 Å². The zero-order chi connectivity index (χ0) is 14.8. The van der Waals surface area contributed by atoms with E-state index in [0.717, 1.165) is 6.07 Å². The Morgan fingerprint density at radius 1 is 1.47 bits per heavy atom. The third-order valence-corrected chi connectivity index (χ3v) is 4.41. The Balaban J connectivity index is 3.23. The molecule has 0 spiro atoms. The lowest BCUT2D eigenvalue weighted by Crippen LogP contribution is -2.49. The van der Waals surface area contributed by atoms with Gasteiger partial charge in [0, 0.05) is 0 Å². The molecule has 1 aromatic carbocycles. The molecule has 0 aliphatic carbocycles. The largest absolute Gasteiger partial charge is 0.480 e. The first-order chi connectivity index (χ1) is 8.60. The van der Waals surface area contributed by atoms with E-state index in [0.29, 0.717) is 0 Å². The molecule has 0 amide bonds.